The Morgan fingerprint density at radius 3 is 2.50 bits per heavy atom. The summed E-state index contributed by atoms with van der Waals surface area (Å²) in [5, 5.41) is 13.0. The van der Waals surface area contributed by atoms with Gasteiger partial charge in [-0.25, -0.2) is 13.2 Å². The summed E-state index contributed by atoms with van der Waals surface area (Å²) in [6.07, 6.45) is 0. The van der Waals surface area contributed by atoms with Crippen LogP contribution in [0.2, 0.25) is 0 Å². The Hall–Kier alpha value is -2.94. The quantitative estimate of drug-likeness (QED) is 0.562. The fourth-order valence-corrected chi connectivity index (χ4v) is 3.67. The van der Waals surface area contributed by atoms with Crippen molar-refractivity contribution in [3.8, 4) is 11.8 Å². The molecule has 0 saturated carbocycles. The molecule has 0 aliphatic carbocycles. The van der Waals surface area contributed by atoms with Crippen molar-refractivity contribution in [2.45, 2.75) is 18.4 Å². The number of halogens is 2. The Kier molecular flexibility index (Phi) is 8.59. The van der Waals surface area contributed by atoms with Gasteiger partial charge in [0.1, 0.15) is 18.3 Å². The number of benzene rings is 1. The molecule has 2 N–H and O–H groups in total. The van der Waals surface area contributed by atoms with Crippen molar-refractivity contribution >= 4 is 21.8 Å². The highest BCUT2D eigenvalue weighted by molar-refractivity contribution is 7.90. The van der Waals surface area contributed by atoms with Crippen molar-refractivity contribution in [1.82, 2.24) is 15.5 Å². The van der Waals surface area contributed by atoms with E-state index in [0.717, 1.165) is 4.90 Å². The number of urea groups is 1. The van der Waals surface area contributed by atoms with Crippen LogP contribution in [0, 0.1) is 11.3 Å². The maximum Gasteiger partial charge on any atom is 0.387 e. The number of hydrogen-bond acceptors (Lipinski definition) is 6. The van der Waals surface area contributed by atoms with Crippen LogP contribution in [0.1, 0.15) is 5.56 Å². The molecule has 3 amide bonds. The topological polar surface area (TPSA) is 129 Å². The summed E-state index contributed by atoms with van der Waals surface area (Å²) >= 11 is 0. The van der Waals surface area contributed by atoms with Crippen molar-refractivity contribution in [3.63, 3.8) is 0 Å². The highest BCUT2D eigenvalue weighted by atomic mass is 32.2. The summed E-state index contributed by atoms with van der Waals surface area (Å²) in [5.74, 6) is -2.65. The summed E-state index contributed by atoms with van der Waals surface area (Å²) in [6, 6.07) is 4.84. The summed E-state index contributed by atoms with van der Waals surface area (Å²) in [6.45, 7) is -3.51. The van der Waals surface area contributed by atoms with Crippen LogP contribution in [-0.4, -0.2) is 64.3 Å². The van der Waals surface area contributed by atoms with E-state index < -0.39 is 45.9 Å². The van der Waals surface area contributed by atoms with E-state index in [2.05, 4.69) is 15.4 Å². The van der Waals surface area contributed by atoms with Gasteiger partial charge in [0.25, 0.3) is 0 Å². The lowest BCUT2D eigenvalue weighted by Crippen LogP contribution is -2.52. The number of nitriles is 1. The van der Waals surface area contributed by atoms with Gasteiger partial charge in [-0.1, -0.05) is 18.2 Å². The predicted octanol–water partition coefficient (Wildman–Crippen LogP) is 0.482. The van der Waals surface area contributed by atoms with Crippen molar-refractivity contribution in [1.29, 1.82) is 5.26 Å². The largest absolute Gasteiger partial charge is 0.435 e. The van der Waals surface area contributed by atoms with E-state index in [-0.39, 0.29) is 17.9 Å². The maximum atomic E-state index is 12.5. The summed E-state index contributed by atoms with van der Waals surface area (Å²) in [4.78, 5) is 25.0. The number of carbonyl (C=O) groups excluding carboxylic acids is 2. The molecule has 0 heterocycles. The van der Waals surface area contributed by atoms with E-state index in [9.17, 15) is 26.8 Å². The molecule has 0 aliphatic rings. The van der Waals surface area contributed by atoms with E-state index in [1.54, 1.807) is 6.07 Å². The summed E-state index contributed by atoms with van der Waals surface area (Å²) in [5.41, 5.74) is -0.0158. The molecule has 154 valence electrons. The normalized spacial score (nSPS) is 12.0. The zero-order valence-electron chi connectivity index (χ0n) is 15.2. The Morgan fingerprint density at radius 2 is 1.93 bits per heavy atom. The van der Waals surface area contributed by atoms with Crippen molar-refractivity contribution in [2.24, 2.45) is 0 Å². The van der Waals surface area contributed by atoms with Gasteiger partial charge in [0.2, 0.25) is 5.91 Å². The van der Waals surface area contributed by atoms with Gasteiger partial charge in [-0.3, -0.25) is 4.79 Å². The molecule has 0 aromatic heterocycles. The Balaban J connectivity index is 3.01. The van der Waals surface area contributed by atoms with Crippen molar-refractivity contribution in [2.75, 3.05) is 26.4 Å². The second kappa shape index (κ2) is 10.4. The van der Waals surface area contributed by atoms with Crippen LogP contribution in [0.4, 0.5) is 13.6 Å². The Labute approximate surface area is 161 Å². The zero-order chi connectivity index (χ0) is 21.3. The standard InChI is InChI=1S/C16H20F2N4O5S/c1-22(2)16(24)21-12(14(23)20-8-7-19)10-28(25,26)9-11-5-3-4-6-13(11)27-15(17)18/h3-6,12,15H,8-10H2,1-2H3,(H,20,23)(H,21,24). The Bertz CT molecular complexity index is 840. The minimum Gasteiger partial charge on any atom is -0.435 e. The zero-order valence-corrected chi connectivity index (χ0v) is 16.0. The minimum atomic E-state index is -4.04. The predicted molar refractivity (Wildman–Crippen MR) is 95.2 cm³/mol. The summed E-state index contributed by atoms with van der Waals surface area (Å²) in [7, 11) is -1.25. The van der Waals surface area contributed by atoms with Gasteiger partial charge < -0.3 is 20.3 Å². The fraction of sp³-hybridized carbons (Fsp3) is 0.438. The average molecular weight is 418 g/mol. The molecule has 0 radical (unpaired) electrons. The van der Waals surface area contributed by atoms with Gasteiger partial charge >= 0.3 is 12.6 Å². The second-order valence-corrected chi connectivity index (χ2v) is 7.92. The van der Waals surface area contributed by atoms with Crippen LogP contribution in [-0.2, 0) is 20.4 Å². The first-order valence-corrected chi connectivity index (χ1v) is 9.73. The van der Waals surface area contributed by atoms with Crippen LogP contribution < -0.4 is 15.4 Å². The van der Waals surface area contributed by atoms with Crippen LogP contribution >= 0.6 is 0 Å². The smallest absolute Gasteiger partial charge is 0.387 e. The first-order chi connectivity index (χ1) is 13.1. The number of rotatable bonds is 9. The van der Waals surface area contributed by atoms with Crippen molar-refractivity contribution in [3.05, 3.63) is 29.8 Å². The molecule has 1 aromatic carbocycles. The third-order valence-corrected chi connectivity index (χ3v) is 4.94. The van der Waals surface area contributed by atoms with E-state index in [0.29, 0.717) is 0 Å². The molecule has 9 nitrogen and oxygen atoms in total. The molecule has 1 atom stereocenters. The van der Waals surface area contributed by atoms with Crippen LogP contribution in [0.3, 0.4) is 0 Å². The van der Waals surface area contributed by atoms with E-state index in [1.165, 1.54) is 38.4 Å². The molecule has 12 heteroatoms. The molecule has 0 saturated heterocycles. The number of hydrogen-bond donors (Lipinski definition) is 2. The molecule has 0 spiro atoms. The summed E-state index contributed by atoms with van der Waals surface area (Å²) < 4.78 is 54.3. The Morgan fingerprint density at radius 1 is 1.29 bits per heavy atom. The third kappa shape index (κ3) is 7.75. The van der Waals surface area contributed by atoms with Gasteiger partial charge in [-0.05, 0) is 6.07 Å². The average Bonchev–Trinajstić information content (AvgIpc) is 2.59. The number of ether oxygens (including phenoxy) is 1. The molecular formula is C16H20F2N4O5S. The molecule has 0 aliphatic heterocycles. The number of carbonyl (C=O) groups is 2. The molecule has 1 unspecified atom stereocenters. The number of para-hydroxylation sites is 1. The molecule has 1 rings (SSSR count). The van der Waals surface area contributed by atoms with Crippen LogP contribution in [0.15, 0.2) is 24.3 Å². The first-order valence-electron chi connectivity index (χ1n) is 7.91. The highest BCUT2D eigenvalue weighted by Crippen LogP contribution is 2.23. The van der Waals surface area contributed by atoms with Gasteiger partial charge in [-0.2, -0.15) is 14.0 Å². The van der Waals surface area contributed by atoms with E-state index in [1.807, 2.05) is 0 Å². The molecule has 28 heavy (non-hydrogen) atoms. The van der Waals surface area contributed by atoms with E-state index >= 15 is 0 Å². The van der Waals surface area contributed by atoms with Crippen molar-refractivity contribution < 1.29 is 31.5 Å². The lowest BCUT2D eigenvalue weighted by Gasteiger charge is -2.20. The highest BCUT2D eigenvalue weighted by Gasteiger charge is 2.28. The molecular weight excluding hydrogens is 398 g/mol. The number of nitrogens with zero attached hydrogens (tertiary/aromatic N) is 2. The number of amides is 3. The number of nitrogens with one attached hydrogen (secondary N) is 2. The lowest BCUT2D eigenvalue weighted by molar-refractivity contribution is -0.122. The first kappa shape index (κ1) is 23.1. The van der Waals surface area contributed by atoms with Crippen LogP contribution in [0.25, 0.3) is 0 Å². The van der Waals surface area contributed by atoms with Gasteiger partial charge in [0.15, 0.2) is 9.84 Å². The number of sulfone groups is 1. The minimum absolute atomic E-state index is 0.0158. The van der Waals surface area contributed by atoms with Gasteiger partial charge in [0.05, 0.1) is 17.6 Å². The molecule has 0 fully saturated rings. The molecule has 0 bridgehead atoms. The number of alkyl halides is 2. The van der Waals surface area contributed by atoms with Gasteiger partial charge in [-0.15, -0.1) is 0 Å². The monoisotopic (exact) mass is 418 g/mol. The third-order valence-electron chi connectivity index (χ3n) is 3.35. The van der Waals surface area contributed by atoms with E-state index in [4.69, 9.17) is 5.26 Å². The fourth-order valence-electron chi connectivity index (χ4n) is 2.09. The van der Waals surface area contributed by atoms with Gasteiger partial charge in [0, 0.05) is 19.7 Å². The lowest BCUT2D eigenvalue weighted by atomic mass is 10.2. The maximum absolute atomic E-state index is 12.5. The SMILES string of the molecule is CN(C)C(=O)NC(CS(=O)(=O)Cc1ccccc1OC(F)F)C(=O)NCC#N. The molecule has 1 aromatic rings. The van der Waals surface area contributed by atoms with Crippen LogP contribution in [0.5, 0.6) is 5.75 Å². The second-order valence-electron chi connectivity index (χ2n) is 5.81.